The smallest absolute Gasteiger partial charge is 0.231 e. The molecule has 0 aliphatic carbocycles. The van der Waals surface area contributed by atoms with Gasteiger partial charge >= 0.3 is 0 Å². The van der Waals surface area contributed by atoms with Gasteiger partial charge in [-0.3, -0.25) is 0 Å². The van der Waals surface area contributed by atoms with Gasteiger partial charge in [-0.15, -0.1) is 0 Å². The van der Waals surface area contributed by atoms with E-state index >= 15 is 0 Å². The minimum atomic E-state index is 0.237. The Morgan fingerprint density at radius 1 is 1.40 bits per heavy atom. The van der Waals surface area contributed by atoms with Crippen molar-refractivity contribution in [3.63, 3.8) is 0 Å². The molecule has 2 atom stereocenters. The quantitative estimate of drug-likeness (QED) is 0.887. The lowest BCUT2D eigenvalue weighted by Gasteiger charge is -2.17. The molecule has 0 spiro atoms. The minimum absolute atomic E-state index is 0.237. The van der Waals surface area contributed by atoms with Crippen LogP contribution in [0.15, 0.2) is 28.8 Å². The van der Waals surface area contributed by atoms with Crippen LogP contribution in [-0.2, 0) is 6.42 Å². The largest absolute Gasteiger partial charge is 0.339 e. The Morgan fingerprint density at radius 3 is 2.85 bits per heavy atom. The SMILES string of the molecule is CCC(c1nc(Cc2cccc(Cl)c2)no1)C(C)NC. The number of likely N-dealkylation sites (N-methyl/N-ethyl adjacent to an activating group) is 1. The zero-order chi connectivity index (χ0) is 14.5. The van der Waals surface area contributed by atoms with E-state index in [0.717, 1.165) is 17.0 Å². The van der Waals surface area contributed by atoms with Gasteiger partial charge in [-0.1, -0.05) is 35.8 Å². The summed E-state index contributed by atoms with van der Waals surface area (Å²) in [5.74, 6) is 1.64. The first-order valence-electron chi connectivity index (χ1n) is 6.88. The summed E-state index contributed by atoms with van der Waals surface area (Å²) in [6.07, 6.45) is 1.59. The average molecular weight is 294 g/mol. The molecule has 1 aromatic carbocycles. The molecule has 2 rings (SSSR count). The molecular formula is C15H20ClN3O. The van der Waals surface area contributed by atoms with Gasteiger partial charge in [-0.25, -0.2) is 0 Å². The van der Waals surface area contributed by atoms with Gasteiger partial charge in [0.25, 0.3) is 0 Å². The van der Waals surface area contributed by atoms with Gasteiger partial charge in [0.15, 0.2) is 5.82 Å². The van der Waals surface area contributed by atoms with Crippen LogP contribution in [0.1, 0.15) is 43.5 Å². The highest BCUT2D eigenvalue weighted by Crippen LogP contribution is 2.22. The van der Waals surface area contributed by atoms with Crippen molar-refractivity contribution in [3.05, 3.63) is 46.6 Å². The van der Waals surface area contributed by atoms with E-state index in [1.165, 1.54) is 0 Å². The summed E-state index contributed by atoms with van der Waals surface area (Å²) in [5, 5.41) is 8.03. The lowest BCUT2D eigenvalue weighted by atomic mass is 9.98. The Balaban J connectivity index is 2.12. The summed E-state index contributed by atoms with van der Waals surface area (Å²) in [6.45, 7) is 4.24. The predicted molar refractivity (Wildman–Crippen MR) is 80.1 cm³/mol. The second-order valence-corrected chi connectivity index (χ2v) is 5.38. The van der Waals surface area contributed by atoms with Gasteiger partial charge in [-0.2, -0.15) is 4.98 Å². The molecular weight excluding hydrogens is 274 g/mol. The third-order valence-electron chi connectivity index (χ3n) is 3.55. The lowest BCUT2D eigenvalue weighted by Crippen LogP contribution is -2.28. The van der Waals surface area contributed by atoms with E-state index in [1.54, 1.807) is 0 Å². The van der Waals surface area contributed by atoms with Crippen molar-refractivity contribution < 1.29 is 4.52 Å². The summed E-state index contributed by atoms with van der Waals surface area (Å²) in [5.41, 5.74) is 1.08. The zero-order valence-electron chi connectivity index (χ0n) is 12.1. The number of hydrogen-bond acceptors (Lipinski definition) is 4. The fourth-order valence-electron chi connectivity index (χ4n) is 2.26. The number of nitrogens with zero attached hydrogens (tertiary/aromatic N) is 2. The highest BCUT2D eigenvalue weighted by Gasteiger charge is 2.22. The molecule has 0 aliphatic heterocycles. The Morgan fingerprint density at radius 2 is 2.20 bits per heavy atom. The molecule has 0 aliphatic rings. The molecule has 20 heavy (non-hydrogen) atoms. The van der Waals surface area contributed by atoms with Crippen LogP contribution in [0.5, 0.6) is 0 Å². The van der Waals surface area contributed by atoms with Crippen molar-refractivity contribution in [1.82, 2.24) is 15.5 Å². The number of hydrogen-bond donors (Lipinski definition) is 1. The Hall–Kier alpha value is -1.39. The normalized spacial score (nSPS) is 14.2. The van der Waals surface area contributed by atoms with E-state index < -0.39 is 0 Å². The molecule has 2 unspecified atom stereocenters. The van der Waals surface area contributed by atoms with Crippen LogP contribution < -0.4 is 5.32 Å². The minimum Gasteiger partial charge on any atom is -0.339 e. The number of nitrogens with one attached hydrogen (secondary N) is 1. The lowest BCUT2D eigenvalue weighted by molar-refractivity contribution is 0.320. The standard InChI is InChI=1S/C15H20ClN3O/c1-4-13(10(2)17-3)15-18-14(19-20-15)9-11-6-5-7-12(16)8-11/h5-8,10,13,17H,4,9H2,1-3H3. The van der Waals surface area contributed by atoms with E-state index in [1.807, 2.05) is 31.3 Å². The Kier molecular flexibility index (Phi) is 5.15. The van der Waals surface area contributed by atoms with E-state index in [-0.39, 0.29) is 5.92 Å². The molecule has 5 heteroatoms. The molecule has 1 aromatic heterocycles. The number of benzene rings is 1. The molecule has 0 amide bonds. The van der Waals surface area contributed by atoms with Crippen LogP contribution in [0.25, 0.3) is 0 Å². The second kappa shape index (κ2) is 6.86. The molecule has 0 saturated carbocycles. The van der Waals surface area contributed by atoms with Crippen LogP contribution in [0.2, 0.25) is 5.02 Å². The molecule has 0 saturated heterocycles. The summed E-state index contributed by atoms with van der Waals surface area (Å²) < 4.78 is 5.41. The third kappa shape index (κ3) is 3.58. The monoisotopic (exact) mass is 293 g/mol. The van der Waals surface area contributed by atoms with Gasteiger partial charge in [0, 0.05) is 17.5 Å². The number of halogens is 1. The molecule has 1 N–H and O–H groups in total. The Labute approximate surface area is 124 Å². The second-order valence-electron chi connectivity index (χ2n) is 4.95. The van der Waals surface area contributed by atoms with Crippen LogP contribution in [0.3, 0.4) is 0 Å². The molecule has 2 aromatic rings. The average Bonchev–Trinajstić information content (AvgIpc) is 2.87. The fourth-order valence-corrected chi connectivity index (χ4v) is 2.48. The maximum absolute atomic E-state index is 5.98. The molecule has 4 nitrogen and oxygen atoms in total. The first-order valence-corrected chi connectivity index (χ1v) is 7.26. The summed E-state index contributed by atoms with van der Waals surface area (Å²) in [7, 11) is 1.94. The maximum Gasteiger partial charge on any atom is 0.231 e. The summed E-state index contributed by atoms with van der Waals surface area (Å²) >= 11 is 5.98. The van der Waals surface area contributed by atoms with Crippen molar-refractivity contribution >= 4 is 11.6 Å². The predicted octanol–water partition coefficient (Wildman–Crippen LogP) is 3.42. The first kappa shape index (κ1) is 15.0. The van der Waals surface area contributed by atoms with Crippen LogP contribution >= 0.6 is 11.6 Å². The molecule has 108 valence electrons. The number of rotatable bonds is 6. The Bertz CT molecular complexity index is 556. The summed E-state index contributed by atoms with van der Waals surface area (Å²) in [4.78, 5) is 4.51. The molecule has 1 heterocycles. The maximum atomic E-state index is 5.98. The van der Waals surface area contributed by atoms with Crippen molar-refractivity contribution in [2.75, 3.05) is 7.05 Å². The van der Waals surface area contributed by atoms with Gasteiger partial charge < -0.3 is 9.84 Å². The van der Waals surface area contributed by atoms with E-state index in [4.69, 9.17) is 16.1 Å². The van der Waals surface area contributed by atoms with Crippen molar-refractivity contribution in [3.8, 4) is 0 Å². The van der Waals surface area contributed by atoms with E-state index in [9.17, 15) is 0 Å². The first-order chi connectivity index (χ1) is 9.63. The summed E-state index contributed by atoms with van der Waals surface area (Å²) in [6, 6.07) is 8.02. The fraction of sp³-hybridized carbons (Fsp3) is 0.467. The zero-order valence-corrected chi connectivity index (χ0v) is 12.8. The molecule has 0 radical (unpaired) electrons. The topological polar surface area (TPSA) is 51.0 Å². The van der Waals surface area contributed by atoms with E-state index in [0.29, 0.717) is 24.2 Å². The third-order valence-corrected chi connectivity index (χ3v) is 3.79. The van der Waals surface area contributed by atoms with Gasteiger partial charge in [0.1, 0.15) is 0 Å². The van der Waals surface area contributed by atoms with Gasteiger partial charge in [-0.05, 0) is 38.1 Å². The van der Waals surface area contributed by atoms with Crippen molar-refractivity contribution in [1.29, 1.82) is 0 Å². The van der Waals surface area contributed by atoms with Gasteiger partial charge in [0.2, 0.25) is 5.89 Å². The highest BCUT2D eigenvalue weighted by molar-refractivity contribution is 6.30. The van der Waals surface area contributed by atoms with Crippen LogP contribution in [0, 0.1) is 0 Å². The highest BCUT2D eigenvalue weighted by atomic mass is 35.5. The van der Waals surface area contributed by atoms with Gasteiger partial charge in [0.05, 0.1) is 5.92 Å². The number of aromatic nitrogens is 2. The molecule has 0 bridgehead atoms. The van der Waals surface area contributed by atoms with Crippen molar-refractivity contribution in [2.24, 2.45) is 0 Å². The van der Waals surface area contributed by atoms with Crippen molar-refractivity contribution in [2.45, 2.75) is 38.6 Å². The van der Waals surface area contributed by atoms with E-state index in [2.05, 4.69) is 29.3 Å². The van der Waals surface area contributed by atoms with Crippen LogP contribution in [-0.4, -0.2) is 23.2 Å². The van der Waals surface area contributed by atoms with Crippen LogP contribution in [0.4, 0.5) is 0 Å². The molecule has 0 fully saturated rings.